The molecule has 4 rings (SSSR count). The summed E-state index contributed by atoms with van der Waals surface area (Å²) in [5.74, 6) is -0.353. The van der Waals surface area contributed by atoms with Crippen molar-refractivity contribution in [2.45, 2.75) is 6.42 Å². The monoisotopic (exact) mass is 296 g/mol. The lowest BCUT2D eigenvalue weighted by molar-refractivity contribution is -0.123. The summed E-state index contributed by atoms with van der Waals surface area (Å²) in [5, 5.41) is 2.55. The van der Waals surface area contributed by atoms with Crippen molar-refractivity contribution in [1.29, 1.82) is 0 Å². The number of nitrogens with one attached hydrogen (secondary N) is 1. The third kappa shape index (κ3) is 1.62. The number of nitrogens with zero attached hydrogens (tertiary/aromatic N) is 1. The van der Waals surface area contributed by atoms with Gasteiger partial charge in [0.1, 0.15) is 0 Å². The van der Waals surface area contributed by atoms with E-state index >= 15 is 0 Å². The summed E-state index contributed by atoms with van der Waals surface area (Å²) in [6.45, 7) is 0. The number of anilines is 1. The average molecular weight is 296 g/mol. The number of fused-ring (bicyclic) bond motifs is 5. The molecule has 0 spiro atoms. The van der Waals surface area contributed by atoms with Crippen LogP contribution in [-0.2, 0) is 9.59 Å². The summed E-state index contributed by atoms with van der Waals surface area (Å²) in [4.78, 5) is 38.2. The molecular weight excluding hydrogens is 280 g/mol. The van der Waals surface area contributed by atoms with Gasteiger partial charge in [-0.25, -0.2) is 0 Å². The minimum atomic E-state index is -0.193. The Balaban J connectivity index is 1.65. The predicted octanol–water partition coefficient (Wildman–Crippen LogP) is 1.36. The van der Waals surface area contributed by atoms with Gasteiger partial charge in [-0.3, -0.25) is 19.3 Å². The number of carbonyl (C=O) groups is 3. The molecule has 1 aromatic rings. The first kappa shape index (κ1) is 13.2. The highest BCUT2D eigenvalue weighted by Crippen LogP contribution is 2.53. The summed E-state index contributed by atoms with van der Waals surface area (Å²) in [5.41, 5.74) is 1.06. The third-order valence-electron chi connectivity index (χ3n) is 5.09. The number of amides is 3. The van der Waals surface area contributed by atoms with E-state index in [0.29, 0.717) is 11.3 Å². The lowest BCUT2D eigenvalue weighted by Crippen LogP contribution is -2.32. The number of imide groups is 1. The number of rotatable bonds is 2. The molecule has 1 aliphatic heterocycles. The van der Waals surface area contributed by atoms with E-state index in [1.54, 1.807) is 31.3 Å². The van der Waals surface area contributed by atoms with Crippen LogP contribution in [0.5, 0.6) is 0 Å². The maximum absolute atomic E-state index is 12.7. The zero-order valence-electron chi connectivity index (χ0n) is 12.2. The molecule has 3 aliphatic rings. The summed E-state index contributed by atoms with van der Waals surface area (Å²) < 4.78 is 0. The fraction of sp³-hybridized carbons (Fsp3) is 0.353. The lowest BCUT2D eigenvalue weighted by atomic mass is 9.85. The predicted molar refractivity (Wildman–Crippen MR) is 80.0 cm³/mol. The minimum absolute atomic E-state index is 0.0976. The zero-order chi connectivity index (χ0) is 15.4. The van der Waals surface area contributed by atoms with Gasteiger partial charge in [0.15, 0.2) is 0 Å². The minimum Gasteiger partial charge on any atom is -0.355 e. The van der Waals surface area contributed by atoms with Gasteiger partial charge < -0.3 is 5.32 Å². The third-order valence-corrected chi connectivity index (χ3v) is 5.09. The van der Waals surface area contributed by atoms with Gasteiger partial charge in [-0.2, -0.15) is 0 Å². The molecular formula is C17H16N2O3. The van der Waals surface area contributed by atoms with Gasteiger partial charge in [0.05, 0.1) is 17.5 Å². The highest BCUT2D eigenvalue weighted by Gasteiger charge is 2.59. The maximum atomic E-state index is 12.7. The van der Waals surface area contributed by atoms with Gasteiger partial charge in [0.2, 0.25) is 11.8 Å². The van der Waals surface area contributed by atoms with Gasteiger partial charge in [0, 0.05) is 12.6 Å². The van der Waals surface area contributed by atoms with Crippen molar-refractivity contribution >= 4 is 23.4 Å². The van der Waals surface area contributed by atoms with Crippen LogP contribution in [0.1, 0.15) is 16.8 Å². The molecule has 3 amide bonds. The lowest BCUT2D eigenvalue weighted by Gasteiger charge is -2.17. The molecule has 1 saturated carbocycles. The molecule has 5 nitrogen and oxygen atoms in total. The Labute approximate surface area is 128 Å². The van der Waals surface area contributed by atoms with Crippen LogP contribution in [0.25, 0.3) is 0 Å². The van der Waals surface area contributed by atoms with E-state index in [1.165, 1.54) is 4.90 Å². The van der Waals surface area contributed by atoms with Crippen molar-refractivity contribution in [1.82, 2.24) is 5.32 Å². The fourth-order valence-corrected chi connectivity index (χ4v) is 4.06. The van der Waals surface area contributed by atoms with E-state index in [2.05, 4.69) is 17.5 Å². The zero-order valence-corrected chi connectivity index (χ0v) is 12.2. The van der Waals surface area contributed by atoms with Crippen LogP contribution in [0.3, 0.4) is 0 Å². The summed E-state index contributed by atoms with van der Waals surface area (Å²) >= 11 is 0. The van der Waals surface area contributed by atoms with E-state index < -0.39 is 0 Å². The average Bonchev–Trinajstić information content (AvgIpc) is 3.21. The van der Waals surface area contributed by atoms with Crippen LogP contribution in [0, 0.1) is 23.7 Å². The highest BCUT2D eigenvalue weighted by atomic mass is 16.2. The molecule has 2 aliphatic carbocycles. The van der Waals surface area contributed by atoms with Gasteiger partial charge >= 0.3 is 0 Å². The smallest absolute Gasteiger partial charge is 0.251 e. The molecule has 1 saturated heterocycles. The van der Waals surface area contributed by atoms with Crippen molar-refractivity contribution < 1.29 is 14.4 Å². The number of benzene rings is 1. The van der Waals surface area contributed by atoms with Crippen LogP contribution in [0.15, 0.2) is 36.4 Å². The first-order valence-electron chi connectivity index (χ1n) is 7.50. The first-order chi connectivity index (χ1) is 10.6. The SMILES string of the molecule is CNC(=O)c1ccc(N2C(=O)[C@@H]3[C@H](C2=O)[C@@H]2C=C[C@H]3C2)cc1. The van der Waals surface area contributed by atoms with Crippen molar-refractivity contribution in [3.63, 3.8) is 0 Å². The Bertz CT molecular complexity index is 677. The summed E-state index contributed by atoms with van der Waals surface area (Å²) in [7, 11) is 1.56. The van der Waals surface area contributed by atoms with Gasteiger partial charge in [-0.1, -0.05) is 12.2 Å². The largest absolute Gasteiger partial charge is 0.355 e. The Morgan fingerprint density at radius 1 is 1.05 bits per heavy atom. The van der Waals surface area contributed by atoms with Crippen molar-refractivity contribution in [2.24, 2.45) is 23.7 Å². The standard InChI is InChI=1S/C17H16N2O3/c1-18-15(20)9-4-6-12(7-5-9)19-16(21)13-10-2-3-11(8-10)14(13)17(19)22/h2-7,10-11,13-14H,8H2,1H3,(H,18,20)/t10-,11+,13-,14+. The second-order valence-corrected chi connectivity index (χ2v) is 6.14. The summed E-state index contributed by atoms with van der Waals surface area (Å²) in [6, 6.07) is 6.60. The molecule has 4 atom stereocenters. The Morgan fingerprint density at radius 2 is 1.59 bits per heavy atom. The van der Waals surface area contributed by atoms with Crippen LogP contribution in [-0.4, -0.2) is 24.8 Å². The van der Waals surface area contributed by atoms with Crippen LogP contribution >= 0.6 is 0 Å². The fourth-order valence-electron chi connectivity index (χ4n) is 4.06. The van der Waals surface area contributed by atoms with Gasteiger partial charge in [0.25, 0.3) is 5.91 Å². The molecule has 5 heteroatoms. The van der Waals surface area contributed by atoms with E-state index in [9.17, 15) is 14.4 Å². The molecule has 112 valence electrons. The van der Waals surface area contributed by atoms with Crippen molar-refractivity contribution in [3.8, 4) is 0 Å². The Morgan fingerprint density at radius 3 is 2.09 bits per heavy atom. The number of allylic oxidation sites excluding steroid dienone is 2. The maximum Gasteiger partial charge on any atom is 0.251 e. The molecule has 0 unspecified atom stereocenters. The number of hydrogen-bond acceptors (Lipinski definition) is 3. The molecule has 1 heterocycles. The van der Waals surface area contributed by atoms with Crippen LogP contribution in [0.4, 0.5) is 5.69 Å². The Hall–Kier alpha value is -2.43. The molecule has 2 bridgehead atoms. The van der Waals surface area contributed by atoms with E-state index in [0.717, 1.165) is 6.42 Å². The van der Waals surface area contributed by atoms with Crippen LogP contribution in [0.2, 0.25) is 0 Å². The molecule has 0 aromatic heterocycles. The molecule has 22 heavy (non-hydrogen) atoms. The topological polar surface area (TPSA) is 66.5 Å². The first-order valence-corrected chi connectivity index (χ1v) is 7.50. The van der Waals surface area contributed by atoms with Gasteiger partial charge in [-0.15, -0.1) is 0 Å². The van der Waals surface area contributed by atoms with Gasteiger partial charge in [-0.05, 0) is 42.5 Å². The van der Waals surface area contributed by atoms with E-state index in [4.69, 9.17) is 0 Å². The van der Waals surface area contributed by atoms with Crippen molar-refractivity contribution in [2.75, 3.05) is 11.9 Å². The van der Waals surface area contributed by atoms with Crippen molar-refractivity contribution in [3.05, 3.63) is 42.0 Å². The molecule has 1 aromatic carbocycles. The second kappa shape index (κ2) is 4.53. The molecule has 0 radical (unpaired) electrons. The highest BCUT2D eigenvalue weighted by molar-refractivity contribution is 6.22. The van der Waals surface area contributed by atoms with E-state index in [-0.39, 0.29) is 41.4 Å². The number of carbonyl (C=O) groups excluding carboxylic acids is 3. The van der Waals surface area contributed by atoms with E-state index in [1.807, 2.05) is 0 Å². The molecule has 1 N–H and O–H groups in total. The normalized spacial score (nSPS) is 31.8. The Kier molecular flexibility index (Phi) is 2.73. The summed E-state index contributed by atoms with van der Waals surface area (Å²) in [6.07, 6.45) is 5.08. The molecule has 2 fully saturated rings. The number of hydrogen-bond donors (Lipinski definition) is 1. The quantitative estimate of drug-likeness (QED) is 0.662. The van der Waals surface area contributed by atoms with Crippen LogP contribution < -0.4 is 10.2 Å². The second-order valence-electron chi connectivity index (χ2n) is 6.14.